The van der Waals surface area contributed by atoms with Crippen LogP contribution in [-0.4, -0.2) is 20.1 Å². The van der Waals surface area contributed by atoms with Crippen LogP contribution in [-0.2, 0) is 14.6 Å². The molecule has 0 unspecified atom stereocenters. The van der Waals surface area contributed by atoms with Crippen LogP contribution in [0.4, 0.5) is 0 Å². The summed E-state index contributed by atoms with van der Waals surface area (Å²) in [6.45, 7) is 0. The number of nitriles is 2. The van der Waals surface area contributed by atoms with Crippen LogP contribution in [0.15, 0.2) is 0 Å². The van der Waals surface area contributed by atoms with Gasteiger partial charge in [-0.25, -0.2) is 0 Å². The SMILES string of the molecule is COS(=O)(=O)O.N#CC#N. The predicted octanol–water partition coefficient (Wildman–Crippen LogP) is -0.531. The van der Waals surface area contributed by atoms with Gasteiger partial charge in [-0.1, -0.05) is 0 Å². The third-order valence-corrected chi connectivity index (χ3v) is 0.682. The van der Waals surface area contributed by atoms with Crippen molar-refractivity contribution >= 4 is 10.4 Å². The van der Waals surface area contributed by atoms with E-state index in [1.54, 1.807) is 0 Å². The highest BCUT2D eigenvalue weighted by molar-refractivity contribution is 7.80. The fourth-order valence-corrected chi connectivity index (χ4v) is 0. The van der Waals surface area contributed by atoms with Crippen LogP contribution in [0.25, 0.3) is 0 Å². The van der Waals surface area contributed by atoms with E-state index >= 15 is 0 Å². The Morgan fingerprint density at radius 1 is 1.40 bits per heavy atom. The van der Waals surface area contributed by atoms with Gasteiger partial charge in [0, 0.05) is 0 Å². The zero-order valence-electron chi connectivity index (χ0n) is 4.97. The molecule has 0 aliphatic heterocycles. The Kier molecular flexibility index (Phi) is 6.95. The third-order valence-electron chi connectivity index (χ3n) is 0.261. The van der Waals surface area contributed by atoms with Gasteiger partial charge in [0.05, 0.1) is 7.11 Å². The number of nitrogens with zero attached hydrogens (tertiary/aromatic N) is 2. The fourth-order valence-electron chi connectivity index (χ4n) is 0. The lowest BCUT2D eigenvalue weighted by molar-refractivity contribution is 0.324. The van der Waals surface area contributed by atoms with Gasteiger partial charge < -0.3 is 0 Å². The molecule has 6 nitrogen and oxygen atoms in total. The average Bonchev–Trinajstić information content (AvgIpc) is 1.87. The first-order chi connectivity index (χ1) is 4.47. The highest BCUT2D eigenvalue weighted by atomic mass is 32.3. The molecule has 0 fully saturated rings. The summed E-state index contributed by atoms with van der Waals surface area (Å²) in [5, 5.41) is 14.5. The molecule has 10 heavy (non-hydrogen) atoms. The minimum Gasteiger partial charge on any atom is -0.264 e. The van der Waals surface area contributed by atoms with Crippen molar-refractivity contribution in [2.24, 2.45) is 0 Å². The van der Waals surface area contributed by atoms with E-state index in [4.69, 9.17) is 15.1 Å². The predicted molar refractivity (Wildman–Crippen MR) is 29.8 cm³/mol. The largest absolute Gasteiger partial charge is 0.397 e. The highest BCUT2D eigenvalue weighted by Gasteiger charge is 1.93. The van der Waals surface area contributed by atoms with Gasteiger partial charge in [-0.15, -0.1) is 0 Å². The lowest BCUT2D eigenvalue weighted by Gasteiger charge is -1.82. The Balaban J connectivity index is 0. The molecule has 56 valence electrons. The molecule has 0 rings (SSSR count). The summed E-state index contributed by atoms with van der Waals surface area (Å²) in [5.41, 5.74) is 0. The first-order valence-corrected chi connectivity index (χ1v) is 3.15. The molecule has 0 aliphatic rings. The molecule has 0 bridgehead atoms. The lowest BCUT2D eigenvalue weighted by atomic mass is 10.9. The maximum absolute atomic E-state index is 9.33. The molecular weight excluding hydrogens is 160 g/mol. The molecule has 0 spiro atoms. The standard InChI is InChI=1S/C2N2.CH4O4S/c3-1-2-4;1-5-6(2,3)4/h;1H3,(H,2,3,4). The van der Waals surface area contributed by atoms with E-state index < -0.39 is 10.4 Å². The smallest absolute Gasteiger partial charge is 0.264 e. The van der Waals surface area contributed by atoms with Crippen molar-refractivity contribution in [3.05, 3.63) is 0 Å². The van der Waals surface area contributed by atoms with Crippen LogP contribution in [0, 0.1) is 22.7 Å². The Hall–Kier alpha value is -1.15. The van der Waals surface area contributed by atoms with E-state index in [2.05, 4.69) is 4.18 Å². The molecule has 0 atom stereocenters. The van der Waals surface area contributed by atoms with Gasteiger partial charge in [-0.2, -0.15) is 18.9 Å². The second-order valence-corrected chi connectivity index (χ2v) is 2.01. The highest BCUT2D eigenvalue weighted by Crippen LogP contribution is 1.74. The van der Waals surface area contributed by atoms with Gasteiger partial charge in [0.15, 0.2) is 12.1 Å². The second kappa shape index (κ2) is 5.98. The van der Waals surface area contributed by atoms with Gasteiger partial charge in [0.1, 0.15) is 0 Å². The molecule has 0 saturated heterocycles. The van der Waals surface area contributed by atoms with Gasteiger partial charge in [0.25, 0.3) is 0 Å². The summed E-state index contributed by atoms with van der Waals surface area (Å²) in [6.07, 6.45) is 0. The van der Waals surface area contributed by atoms with Gasteiger partial charge in [0.2, 0.25) is 0 Å². The Morgan fingerprint density at radius 3 is 1.60 bits per heavy atom. The van der Waals surface area contributed by atoms with E-state index in [1.165, 1.54) is 12.1 Å². The number of hydrogen-bond acceptors (Lipinski definition) is 5. The molecule has 0 aromatic heterocycles. The minimum atomic E-state index is -4.16. The van der Waals surface area contributed by atoms with E-state index in [9.17, 15) is 8.42 Å². The molecule has 0 saturated carbocycles. The van der Waals surface area contributed by atoms with Crippen LogP contribution in [0.3, 0.4) is 0 Å². The van der Waals surface area contributed by atoms with Crippen LogP contribution in [0.2, 0.25) is 0 Å². The summed E-state index contributed by atoms with van der Waals surface area (Å²) in [4.78, 5) is 0. The van der Waals surface area contributed by atoms with Crippen LogP contribution in [0.1, 0.15) is 0 Å². The zero-order chi connectivity index (χ0) is 8.62. The second-order valence-electron chi connectivity index (χ2n) is 0.818. The van der Waals surface area contributed by atoms with Crippen molar-refractivity contribution in [1.82, 2.24) is 0 Å². The van der Waals surface area contributed by atoms with Crippen molar-refractivity contribution in [2.45, 2.75) is 0 Å². The molecule has 7 heteroatoms. The summed E-state index contributed by atoms with van der Waals surface area (Å²) >= 11 is 0. The van der Waals surface area contributed by atoms with Crippen molar-refractivity contribution in [1.29, 1.82) is 10.5 Å². The van der Waals surface area contributed by atoms with Crippen molar-refractivity contribution in [2.75, 3.05) is 7.11 Å². The normalized spacial score (nSPS) is 8.00. The van der Waals surface area contributed by atoms with Crippen LogP contribution < -0.4 is 0 Å². The van der Waals surface area contributed by atoms with Gasteiger partial charge in [-0.3, -0.25) is 8.74 Å². The molecule has 0 aromatic rings. The number of rotatable bonds is 1. The molecule has 0 amide bonds. The van der Waals surface area contributed by atoms with E-state index in [1.807, 2.05) is 0 Å². The molecular formula is C3H4N2O4S. The fraction of sp³-hybridized carbons (Fsp3) is 0.333. The molecule has 1 N–H and O–H groups in total. The summed E-state index contributed by atoms with van der Waals surface area (Å²) in [6, 6.07) is 2.47. The van der Waals surface area contributed by atoms with Crippen molar-refractivity contribution in [3.8, 4) is 12.1 Å². The molecule has 0 aliphatic carbocycles. The topological polar surface area (TPSA) is 111 Å². The summed E-state index contributed by atoms with van der Waals surface area (Å²) in [7, 11) is -3.29. The van der Waals surface area contributed by atoms with Crippen LogP contribution in [0.5, 0.6) is 0 Å². The van der Waals surface area contributed by atoms with Gasteiger partial charge >= 0.3 is 10.4 Å². The zero-order valence-corrected chi connectivity index (χ0v) is 5.79. The Bertz CT molecular complexity index is 231. The summed E-state index contributed by atoms with van der Waals surface area (Å²) in [5.74, 6) is 0. The van der Waals surface area contributed by atoms with Crippen molar-refractivity contribution in [3.63, 3.8) is 0 Å². The Labute approximate surface area is 58.2 Å². The van der Waals surface area contributed by atoms with Crippen LogP contribution >= 0.6 is 0 Å². The first kappa shape index (κ1) is 11.6. The van der Waals surface area contributed by atoms with E-state index in [0.717, 1.165) is 7.11 Å². The van der Waals surface area contributed by atoms with Gasteiger partial charge in [-0.05, 0) is 0 Å². The first-order valence-electron chi connectivity index (χ1n) is 1.79. The quantitative estimate of drug-likeness (QED) is 0.521. The maximum Gasteiger partial charge on any atom is 0.397 e. The summed E-state index contributed by atoms with van der Waals surface area (Å²) < 4.78 is 29.7. The number of hydrogen-bond donors (Lipinski definition) is 1. The van der Waals surface area contributed by atoms with E-state index in [-0.39, 0.29) is 0 Å². The molecule has 0 aromatic carbocycles. The average molecular weight is 164 g/mol. The monoisotopic (exact) mass is 164 g/mol. The third kappa shape index (κ3) is 28.9. The lowest BCUT2D eigenvalue weighted by Crippen LogP contribution is -1.96. The minimum absolute atomic E-state index is 0.870. The maximum atomic E-state index is 9.33. The Morgan fingerprint density at radius 2 is 1.60 bits per heavy atom. The van der Waals surface area contributed by atoms with Crippen molar-refractivity contribution < 1.29 is 17.2 Å². The molecule has 0 radical (unpaired) electrons. The molecule has 0 heterocycles. The van der Waals surface area contributed by atoms with E-state index in [0.29, 0.717) is 0 Å².